The second kappa shape index (κ2) is 7.51. The van der Waals surface area contributed by atoms with Gasteiger partial charge in [-0.05, 0) is 86.6 Å². The average Bonchev–Trinajstić information content (AvgIpc) is 2.63. The smallest absolute Gasteiger partial charge is 0.338 e. The number of hydrogen-bond donors (Lipinski definition) is 1. The minimum atomic E-state index is -0.349. The minimum Gasteiger partial charge on any atom is -0.462 e. The van der Waals surface area contributed by atoms with Gasteiger partial charge in [-0.25, -0.2) is 4.79 Å². The first-order valence-electron chi connectivity index (χ1n) is 8.79. The van der Waals surface area contributed by atoms with Crippen molar-refractivity contribution in [3.63, 3.8) is 0 Å². The highest BCUT2D eigenvalue weighted by atomic mass is 16.5. The maximum atomic E-state index is 12.6. The Morgan fingerprint density at radius 1 is 1.00 bits per heavy atom. The molecule has 1 amide bonds. The molecule has 130 valence electrons. The number of carbonyl (C=O) groups excluding carboxylic acids is 2. The van der Waals surface area contributed by atoms with Crippen molar-refractivity contribution < 1.29 is 14.3 Å². The molecule has 0 atom stereocenters. The number of hydrogen-bond acceptors (Lipinski definition) is 3. The Balaban J connectivity index is 1.75. The van der Waals surface area contributed by atoms with Crippen LogP contribution in [0.2, 0.25) is 0 Å². The Kier molecular flexibility index (Phi) is 5.17. The van der Waals surface area contributed by atoms with Gasteiger partial charge in [0.05, 0.1) is 12.2 Å². The second-order valence-corrected chi connectivity index (χ2v) is 6.39. The van der Waals surface area contributed by atoms with E-state index in [2.05, 4.69) is 11.4 Å². The molecule has 2 aromatic carbocycles. The molecule has 0 saturated heterocycles. The number of carbonyl (C=O) groups is 2. The monoisotopic (exact) mass is 337 g/mol. The minimum absolute atomic E-state index is 0.125. The normalized spacial score (nSPS) is 13.0. The second-order valence-electron chi connectivity index (χ2n) is 6.39. The van der Waals surface area contributed by atoms with Crippen LogP contribution >= 0.6 is 0 Å². The molecule has 0 heterocycles. The zero-order valence-electron chi connectivity index (χ0n) is 14.7. The summed E-state index contributed by atoms with van der Waals surface area (Å²) < 4.78 is 5.00. The van der Waals surface area contributed by atoms with E-state index in [1.807, 2.05) is 19.1 Å². The number of rotatable bonds is 4. The van der Waals surface area contributed by atoms with Crippen LogP contribution in [-0.4, -0.2) is 18.5 Å². The largest absolute Gasteiger partial charge is 0.462 e. The van der Waals surface area contributed by atoms with Crippen LogP contribution in [0.25, 0.3) is 0 Å². The zero-order chi connectivity index (χ0) is 17.8. The van der Waals surface area contributed by atoms with Crippen LogP contribution in [-0.2, 0) is 17.6 Å². The SMILES string of the molecule is CCOC(=O)c1ccc(NC(=O)c2ccc3c(c2)CCCC3)c(C)c1. The summed E-state index contributed by atoms with van der Waals surface area (Å²) in [4.78, 5) is 24.3. The summed E-state index contributed by atoms with van der Waals surface area (Å²) in [5, 5.41) is 2.94. The van der Waals surface area contributed by atoms with Gasteiger partial charge in [-0.2, -0.15) is 0 Å². The molecule has 0 saturated carbocycles. The summed E-state index contributed by atoms with van der Waals surface area (Å²) in [5.74, 6) is -0.474. The molecule has 3 rings (SSSR count). The van der Waals surface area contributed by atoms with Gasteiger partial charge >= 0.3 is 5.97 Å². The fraction of sp³-hybridized carbons (Fsp3) is 0.333. The van der Waals surface area contributed by atoms with Crippen molar-refractivity contribution in [2.75, 3.05) is 11.9 Å². The van der Waals surface area contributed by atoms with Crippen LogP contribution in [0.4, 0.5) is 5.69 Å². The molecule has 0 bridgehead atoms. The van der Waals surface area contributed by atoms with E-state index in [0.717, 1.165) is 18.4 Å². The van der Waals surface area contributed by atoms with Gasteiger partial charge in [-0.1, -0.05) is 6.07 Å². The molecule has 1 aliphatic carbocycles. The number of anilines is 1. The van der Waals surface area contributed by atoms with Crippen molar-refractivity contribution in [3.8, 4) is 0 Å². The lowest BCUT2D eigenvalue weighted by Gasteiger charge is -2.16. The highest BCUT2D eigenvalue weighted by Crippen LogP contribution is 2.23. The van der Waals surface area contributed by atoms with Gasteiger partial charge in [-0.15, -0.1) is 0 Å². The van der Waals surface area contributed by atoms with Crippen molar-refractivity contribution >= 4 is 17.6 Å². The predicted octanol–water partition coefficient (Wildman–Crippen LogP) is 4.30. The van der Waals surface area contributed by atoms with Gasteiger partial charge < -0.3 is 10.1 Å². The molecule has 0 radical (unpaired) electrons. The van der Waals surface area contributed by atoms with E-state index >= 15 is 0 Å². The molecule has 0 fully saturated rings. The topological polar surface area (TPSA) is 55.4 Å². The highest BCUT2D eigenvalue weighted by Gasteiger charge is 2.14. The molecular formula is C21H23NO3. The highest BCUT2D eigenvalue weighted by molar-refractivity contribution is 6.05. The number of esters is 1. The first-order chi connectivity index (χ1) is 12.1. The molecule has 0 spiro atoms. The van der Waals surface area contributed by atoms with Crippen LogP contribution in [0, 0.1) is 6.92 Å². The predicted molar refractivity (Wildman–Crippen MR) is 98.2 cm³/mol. The van der Waals surface area contributed by atoms with Gasteiger partial charge in [0, 0.05) is 11.3 Å². The molecule has 0 aliphatic heterocycles. The van der Waals surface area contributed by atoms with Gasteiger partial charge in [0.1, 0.15) is 0 Å². The van der Waals surface area contributed by atoms with Crippen LogP contribution < -0.4 is 5.32 Å². The third-order valence-electron chi connectivity index (χ3n) is 4.60. The number of aryl methyl sites for hydroxylation is 3. The van der Waals surface area contributed by atoms with E-state index in [1.54, 1.807) is 25.1 Å². The van der Waals surface area contributed by atoms with Gasteiger partial charge in [-0.3, -0.25) is 4.79 Å². The maximum absolute atomic E-state index is 12.6. The van der Waals surface area contributed by atoms with Crippen molar-refractivity contribution in [1.82, 2.24) is 0 Å². The molecular weight excluding hydrogens is 314 g/mol. The Hall–Kier alpha value is -2.62. The van der Waals surface area contributed by atoms with Crippen LogP contribution in [0.3, 0.4) is 0 Å². The number of ether oxygens (including phenoxy) is 1. The maximum Gasteiger partial charge on any atom is 0.338 e. The van der Waals surface area contributed by atoms with E-state index in [4.69, 9.17) is 4.74 Å². The zero-order valence-corrected chi connectivity index (χ0v) is 14.7. The van der Waals surface area contributed by atoms with Crippen molar-refractivity contribution in [3.05, 3.63) is 64.2 Å². The number of benzene rings is 2. The van der Waals surface area contributed by atoms with Crippen molar-refractivity contribution in [1.29, 1.82) is 0 Å². The summed E-state index contributed by atoms with van der Waals surface area (Å²) in [6.07, 6.45) is 4.56. The molecule has 4 nitrogen and oxygen atoms in total. The third kappa shape index (κ3) is 3.90. The van der Waals surface area contributed by atoms with E-state index < -0.39 is 0 Å². The summed E-state index contributed by atoms with van der Waals surface area (Å²) in [6.45, 7) is 3.98. The van der Waals surface area contributed by atoms with Crippen LogP contribution in [0.15, 0.2) is 36.4 Å². The molecule has 0 aromatic heterocycles. The lowest BCUT2D eigenvalue weighted by atomic mass is 9.90. The lowest BCUT2D eigenvalue weighted by Crippen LogP contribution is -2.15. The molecule has 25 heavy (non-hydrogen) atoms. The summed E-state index contributed by atoms with van der Waals surface area (Å²) in [5.41, 5.74) is 5.35. The molecule has 4 heteroatoms. The lowest BCUT2D eigenvalue weighted by molar-refractivity contribution is 0.0526. The third-order valence-corrected chi connectivity index (χ3v) is 4.60. The van der Waals surface area contributed by atoms with Gasteiger partial charge in [0.25, 0.3) is 5.91 Å². The Labute approximate surface area is 148 Å². The van der Waals surface area contributed by atoms with Crippen LogP contribution in [0.1, 0.15) is 57.2 Å². The number of fused-ring (bicyclic) bond motifs is 1. The van der Waals surface area contributed by atoms with E-state index in [9.17, 15) is 9.59 Å². The summed E-state index contributed by atoms with van der Waals surface area (Å²) >= 11 is 0. The van der Waals surface area contributed by atoms with E-state index in [1.165, 1.54) is 24.0 Å². The standard InChI is InChI=1S/C21H23NO3/c1-3-25-21(24)18-10-11-19(14(2)12-18)22-20(23)17-9-8-15-6-4-5-7-16(15)13-17/h8-13H,3-7H2,1-2H3,(H,22,23). The Morgan fingerprint density at radius 3 is 2.44 bits per heavy atom. The fourth-order valence-corrected chi connectivity index (χ4v) is 3.21. The molecule has 0 unspecified atom stereocenters. The number of amides is 1. The number of nitrogens with one attached hydrogen (secondary N) is 1. The van der Waals surface area contributed by atoms with Crippen molar-refractivity contribution in [2.24, 2.45) is 0 Å². The Bertz CT molecular complexity index is 811. The summed E-state index contributed by atoms with van der Waals surface area (Å²) in [7, 11) is 0. The molecule has 1 aliphatic rings. The van der Waals surface area contributed by atoms with E-state index in [-0.39, 0.29) is 11.9 Å². The first kappa shape index (κ1) is 17.2. The van der Waals surface area contributed by atoms with Crippen molar-refractivity contribution in [2.45, 2.75) is 39.5 Å². The quantitative estimate of drug-likeness (QED) is 0.846. The van der Waals surface area contributed by atoms with Gasteiger partial charge in [0.15, 0.2) is 0 Å². The van der Waals surface area contributed by atoms with E-state index in [0.29, 0.717) is 23.4 Å². The average molecular weight is 337 g/mol. The first-order valence-corrected chi connectivity index (χ1v) is 8.79. The Morgan fingerprint density at radius 2 is 1.72 bits per heavy atom. The van der Waals surface area contributed by atoms with Gasteiger partial charge in [0.2, 0.25) is 0 Å². The molecule has 1 N–H and O–H groups in total. The summed E-state index contributed by atoms with van der Waals surface area (Å²) in [6, 6.07) is 11.1. The molecule has 2 aromatic rings. The fourth-order valence-electron chi connectivity index (χ4n) is 3.21. The van der Waals surface area contributed by atoms with Crippen LogP contribution in [0.5, 0.6) is 0 Å².